The van der Waals surface area contributed by atoms with Gasteiger partial charge in [-0.25, -0.2) is 0 Å². The third kappa shape index (κ3) is 3.15. The van der Waals surface area contributed by atoms with Crippen LogP contribution in [-0.4, -0.2) is 18.1 Å². The van der Waals surface area contributed by atoms with Gasteiger partial charge in [-0.3, -0.25) is 4.79 Å². The van der Waals surface area contributed by atoms with Crippen molar-refractivity contribution < 1.29 is 9.53 Å². The Bertz CT molecular complexity index is 503. The van der Waals surface area contributed by atoms with Crippen molar-refractivity contribution in [2.45, 2.75) is 16.4 Å². The summed E-state index contributed by atoms with van der Waals surface area (Å²) < 4.78 is 6.25. The van der Waals surface area contributed by atoms with E-state index < -0.39 is 0 Å². The average Bonchev–Trinajstić information content (AvgIpc) is 2.91. The minimum Gasteiger partial charge on any atom is -0.497 e. The summed E-state index contributed by atoms with van der Waals surface area (Å²) in [7, 11) is 1.62. The van der Waals surface area contributed by atoms with Crippen molar-refractivity contribution in [1.29, 1.82) is 0 Å². The Morgan fingerprint density at radius 3 is 2.56 bits per heavy atom. The van der Waals surface area contributed by atoms with Crippen LogP contribution in [0.25, 0.3) is 0 Å². The van der Waals surface area contributed by atoms with E-state index in [4.69, 9.17) is 4.74 Å². The van der Waals surface area contributed by atoms with Gasteiger partial charge in [0, 0.05) is 5.56 Å². The average molecular weight is 278 g/mol. The second-order valence-electron chi connectivity index (χ2n) is 3.78. The van der Waals surface area contributed by atoms with Gasteiger partial charge in [0.2, 0.25) is 0 Å². The standard InChI is InChI=1S/C14H14O2S2/c1-10(18-13-4-3-9-17-13)14(15)11-5-7-12(16-2)8-6-11/h3-10H,1-2H3. The zero-order valence-electron chi connectivity index (χ0n) is 10.3. The van der Waals surface area contributed by atoms with Crippen molar-refractivity contribution in [3.63, 3.8) is 0 Å². The number of hydrogen-bond acceptors (Lipinski definition) is 4. The molecule has 1 unspecified atom stereocenters. The number of carbonyl (C=O) groups is 1. The minimum atomic E-state index is -0.0722. The molecule has 0 aliphatic heterocycles. The highest BCUT2D eigenvalue weighted by Crippen LogP contribution is 2.29. The van der Waals surface area contributed by atoms with Gasteiger partial charge in [-0.1, -0.05) is 6.07 Å². The highest BCUT2D eigenvalue weighted by molar-refractivity contribution is 8.02. The van der Waals surface area contributed by atoms with Crippen LogP contribution in [0.2, 0.25) is 0 Å². The highest BCUT2D eigenvalue weighted by Gasteiger charge is 2.16. The highest BCUT2D eigenvalue weighted by atomic mass is 32.2. The fourth-order valence-electron chi connectivity index (χ4n) is 1.55. The Hall–Kier alpha value is -1.26. The van der Waals surface area contributed by atoms with Crippen LogP contribution in [-0.2, 0) is 0 Å². The summed E-state index contributed by atoms with van der Waals surface area (Å²) >= 11 is 3.26. The predicted molar refractivity (Wildman–Crippen MR) is 77.0 cm³/mol. The molecule has 18 heavy (non-hydrogen) atoms. The molecule has 94 valence electrons. The van der Waals surface area contributed by atoms with Gasteiger partial charge in [-0.05, 0) is 42.6 Å². The number of rotatable bonds is 5. The van der Waals surface area contributed by atoms with Crippen LogP contribution in [0.4, 0.5) is 0 Å². The largest absolute Gasteiger partial charge is 0.497 e. The van der Waals surface area contributed by atoms with Gasteiger partial charge in [-0.2, -0.15) is 0 Å². The minimum absolute atomic E-state index is 0.0722. The summed E-state index contributed by atoms with van der Waals surface area (Å²) in [5.74, 6) is 0.918. The molecule has 1 aromatic heterocycles. The van der Waals surface area contributed by atoms with Crippen molar-refractivity contribution in [1.82, 2.24) is 0 Å². The maximum atomic E-state index is 12.2. The normalized spacial score (nSPS) is 12.1. The number of benzene rings is 1. The molecule has 1 atom stereocenters. The van der Waals surface area contributed by atoms with Gasteiger partial charge < -0.3 is 4.74 Å². The van der Waals surface area contributed by atoms with Crippen LogP contribution >= 0.6 is 23.1 Å². The molecule has 0 aliphatic carbocycles. The molecule has 2 nitrogen and oxygen atoms in total. The van der Waals surface area contributed by atoms with Crippen LogP contribution in [0.1, 0.15) is 17.3 Å². The van der Waals surface area contributed by atoms with E-state index in [2.05, 4.69) is 0 Å². The third-order valence-electron chi connectivity index (χ3n) is 2.53. The van der Waals surface area contributed by atoms with Crippen LogP contribution in [0, 0.1) is 0 Å². The van der Waals surface area contributed by atoms with Gasteiger partial charge in [0.05, 0.1) is 16.6 Å². The summed E-state index contributed by atoms with van der Waals surface area (Å²) in [4.78, 5) is 12.2. The maximum absolute atomic E-state index is 12.2. The lowest BCUT2D eigenvalue weighted by Crippen LogP contribution is -2.12. The Kier molecular flexibility index (Phi) is 4.44. The Morgan fingerprint density at radius 2 is 2.00 bits per heavy atom. The fraction of sp³-hybridized carbons (Fsp3) is 0.214. The number of thioether (sulfide) groups is 1. The van der Waals surface area contributed by atoms with Gasteiger partial charge in [0.1, 0.15) is 5.75 Å². The maximum Gasteiger partial charge on any atom is 0.175 e. The van der Waals surface area contributed by atoms with Gasteiger partial charge in [0.25, 0.3) is 0 Å². The first-order valence-electron chi connectivity index (χ1n) is 5.59. The van der Waals surface area contributed by atoms with Crippen LogP contribution in [0.5, 0.6) is 5.75 Å². The lowest BCUT2D eigenvalue weighted by molar-refractivity contribution is 0.0994. The summed E-state index contributed by atoms with van der Waals surface area (Å²) in [6.07, 6.45) is 0. The van der Waals surface area contributed by atoms with Crippen LogP contribution < -0.4 is 4.74 Å². The molecular weight excluding hydrogens is 264 g/mol. The molecular formula is C14H14O2S2. The molecule has 0 saturated heterocycles. The molecule has 0 bridgehead atoms. The molecule has 0 radical (unpaired) electrons. The van der Waals surface area contributed by atoms with E-state index in [1.165, 1.54) is 4.21 Å². The van der Waals surface area contributed by atoms with E-state index in [-0.39, 0.29) is 11.0 Å². The first-order valence-corrected chi connectivity index (χ1v) is 7.35. The molecule has 0 amide bonds. The van der Waals surface area contributed by atoms with Crippen LogP contribution in [0.3, 0.4) is 0 Å². The quantitative estimate of drug-likeness (QED) is 0.608. The topological polar surface area (TPSA) is 26.3 Å². The van der Waals surface area contributed by atoms with Gasteiger partial charge in [0.15, 0.2) is 5.78 Å². The lowest BCUT2D eigenvalue weighted by Gasteiger charge is -2.09. The zero-order chi connectivity index (χ0) is 13.0. The summed E-state index contributed by atoms with van der Waals surface area (Å²) in [5.41, 5.74) is 0.729. The molecule has 2 rings (SSSR count). The molecule has 0 spiro atoms. The van der Waals surface area contributed by atoms with Crippen molar-refractivity contribution in [3.05, 3.63) is 47.3 Å². The van der Waals surface area contributed by atoms with Crippen molar-refractivity contribution in [2.75, 3.05) is 7.11 Å². The number of carbonyl (C=O) groups excluding carboxylic acids is 1. The fourth-order valence-corrected chi connectivity index (χ4v) is 3.57. The number of methoxy groups -OCH3 is 1. The molecule has 0 aliphatic rings. The monoisotopic (exact) mass is 278 g/mol. The first-order chi connectivity index (χ1) is 8.70. The van der Waals surface area contributed by atoms with Gasteiger partial charge >= 0.3 is 0 Å². The van der Waals surface area contributed by atoms with Crippen molar-refractivity contribution >= 4 is 28.9 Å². The summed E-state index contributed by atoms with van der Waals surface area (Å²) in [6, 6.07) is 11.3. The molecule has 0 fully saturated rings. The zero-order valence-corrected chi connectivity index (χ0v) is 11.9. The second kappa shape index (κ2) is 6.07. The number of thiophene rings is 1. The lowest BCUT2D eigenvalue weighted by atomic mass is 10.1. The molecule has 0 saturated carbocycles. The Labute approximate surface area is 115 Å². The number of hydrogen-bond donors (Lipinski definition) is 0. The first kappa shape index (κ1) is 13.2. The molecule has 2 aromatic rings. The number of Topliss-reactive ketones (excluding diaryl/α,β-unsaturated/α-hetero) is 1. The predicted octanol–water partition coefficient (Wildman–Crippen LogP) is 4.12. The van der Waals surface area contributed by atoms with Crippen LogP contribution in [0.15, 0.2) is 46.0 Å². The van der Waals surface area contributed by atoms with E-state index >= 15 is 0 Å². The van der Waals surface area contributed by atoms with E-state index in [1.54, 1.807) is 30.2 Å². The molecule has 0 N–H and O–H groups in total. The molecule has 1 aromatic carbocycles. The Balaban J connectivity index is 2.05. The third-order valence-corrected chi connectivity index (χ3v) is 4.71. The second-order valence-corrected chi connectivity index (χ2v) is 6.37. The van der Waals surface area contributed by atoms with Crippen molar-refractivity contribution in [3.8, 4) is 5.75 Å². The number of ether oxygens (including phenoxy) is 1. The number of ketones is 1. The Morgan fingerprint density at radius 1 is 1.28 bits per heavy atom. The van der Waals surface area contributed by atoms with Gasteiger partial charge in [-0.15, -0.1) is 23.1 Å². The van der Waals surface area contributed by atoms with E-state index in [0.717, 1.165) is 11.3 Å². The van der Waals surface area contributed by atoms with E-state index in [9.17, 15) is 4.79 Å². The smallest absolute Gasteiger partial charge is 0.175 e. The van der Waals surface area contributed by atoms with E-state index in [1.807, 2.05) is 48.7 Å². The summed E-state index contributed by atoms with van der Waals surface area (Å²) in [5, 5.41) is 1.95. The SMILES string of the molecule is COc1ccc(C(=O)C(C)Sc2cccs2)cc1. The molecule has 1 heterocycles. The van der Waals surface area contributed by atoms with Crippen molar-refractivity contribution in [2.24, 2.45) is 0 Å². The molecule has 4 heteroatoms. The van der Waals surface area contributed by atoms with E-state index in [0.29, 0.717) is 0 Å². The summed E-state index contributed by atoms with van der Waals surface area (Å²) in [6.45, 7) is 1.94.